The second-order valence-electron chi connectivity index (χ2n) is 8.58. The molecule has 2 heterocycles. The Kier molecular flexibility index (Phi) is 7.45. The molecule has 10 heteroatoms. The normalized spacial score (nSPS) is 17.4. The molecule has 0 atom stereocenters. The second-order valence-corrected chi connectivity index (χ2v) is 11.6. The van der Waals surface area contributed by atoms with Gasteiger partial charge in [0.25, 0.3) is 5.91 Å². The monoisotopic (exact) mass is 491 g/mol. The predicted molar refractivity (Wildman–Crippen MR) is 126 cm³/mol. The zero-order valence-corrected chi connectivity index (χ0v) is 20.4. The van der Waals surface area contributed by atoms with E-state index in [1.807, 2.05) is 30.3 Å². The Morgan fingerprint density at radius 2 is 1.85 bits per heavy atom. The minimum Gasteiger partial charge on any atom is -0.455 e. The van der Waals surface area contributed by atoms with Crippen LogP contribution in [0, 0.1) is 5.92 Å². The highest BCUT2D eigenvalue weighted by Crippen LogP contribution is 2.32. The highest BCUT2D eigenvalue weighted by Gasteiger charge is 2.31. The molecule has 1 aliphatic heterocycles. The van der Waals surface area contributed by atoms with Gasteiger partial charge < -0.3 is 4.74 Å². The largest absolute Gasteiger partial charge is 0.455 e. The van der Waals surface area contributed by atoms with Crippen molar-refractivity contribution in [2.24, 2.45) is 5.92 Å². The number of aryl methyl sites for hydroxylation is 2. The summed E-state index contributed by atoms with van der Waals surface area (Å²) in [6.07, 6.45) is 6.12. The van der Waals surface area contributed by atoms with E-state index < -0.39 is 21.9 Å². The number of piperidine rings is 1. The fourth-order valence-corrected chi connectivity index (χ4v) is 6.27. The zero-order chi connectivity index (χ0) is 23.4. The van der Waals surface area contributed by atoms with Crippen LogP contribution in [0.5, 0.6) is 0 Å². The number of hydrogen-bond acceptors (Lipinski definition) is 7. The molecule has 2 aliphatic rings. The number of aromatic nitrogens is 1. The lowest BCUT2D eigenvalue weighted by Gasteiger charge is -2.29. The number of rotatable bonds is 7. The molecular formula is C23H29N3O5S2. The number of anilines is 1. The van der Waals surface area contributed by atoms with Gasteiger partial charge in [0.2, 0.25) is 10.0 Å². The van der Waals surface area contributed by atoms with Gasteiger partial charge in [0.05, 0.1) is 24.4 Å². The van der Waals surface area contributed by atoms with Gasteiger partial charge in [-0.25, -0.2) is 17.7 Å². The quantitative estimate of drug-likeness (QED) is 0.553. The van der Waals surface area contributed by atoms with Crippen molar-refractivity contribution in [3.8, 4) is 0 Å². The molecule has 0 N–H and O–H groups in total. The van der Waals surface area contributed by atoms with Crippen molar-refractivity contribution in [2.75, 3.05) is 30.9 Å². The molecule has 1 aromatic heterocycles. The topological polar surface area (TPSA) is 96.9 Å². The first-order valence-corrected chi connectivity index (χ1v) is 13.9. The molecule has 0 radical (unpaired) electrons. The fourth-order valence-electron chi connectivity index (χ4n) is 4.23. The number of thiazole rings is 1. The van der Waals surface area contributed by atoms with Crippen LogP contribution in [-0.2, 0) is 43.7 Å². The number of sulfonamides is 1. The molecule has 8 nitrogen and oxygen atoms in total. The summed E-state index contributed by atoms with van der Waals surface area (Å²) in [5.41, 5.74) is 2.04. The molecule has 178 valence electrons. The predicted octanol–water partition coefficient (Wildman–Crippen LogP) is 2.77. The van der Waals surface area contributed by atoms with Crippen molar-refractivity contribution >= 4 is 38.4 Å². The summed E-state index contributed by atoms with van der Waals surface area (Å²) in [6.45, 7) is 0.577. The summed E-state index contributed by atoms with van der Waals surface area (Å²) in [6, 6.07) is 9.68. The minimum absolute atomic E-state index is 0.289. The maximum atomic E-state index is 13.2. The van der Waals surface area contributed by atoms with Gasteiger partial charge in [0, 0.05) is 18.0 Å². The van der Waals surface area contributed by atoms with Crippen LogP contribution in [0.25, 0.3) is 0 Å². The van der Waals surface area contributed by atoms with Gasteiger partial charge in [0.1, 0.15) is 0 Å². The van der Waals surface area contributed by atoms with Crippen molar-refractivity contribution < 1.29 is 22.7 Å². The molecule has 0 bridgehead atoms. The van der Waals surface area contributed by atoms with E-state index >= 15 is 0 Å². The average Bonchev–Trinajstić information content (AvgIpc) is 3.25. The maximum Gasteiger partial charge on any atom is 0.309 e. The van der Waals surface area contributed by atoms with E-state index in [-0.39, 0.29) is 25.6 Å². The molecule has 1 saturated heterocycles. The van der Waals surface area contributed by atoms with Crippen LogP contribution in [0.2, 0.25) is 0 Å². The van der Waals surface area contributed by atoms with Gasteiger partial charge in [-0.3, -0.25) is 14.5 Å². The SMILES string of the molecule is CS(=O)(=O)N1CCC(C(=O)OCC(=O)N(Cc2ccccc2)c2nc3c(s2)CCCC3)CC1. The van der Waals surface area contributed by atoms with Crippen LogP contribution < -0.4 is 4.90 Å². The lowest BCUT2D eigenvalue weighted by atomic mass is 9.98. The highest BCUT2D eigenvalue weighted by atomic mass is 32.2. The van der Waals surface area contributed by atoms with E-state index in [1.54, 1.807) is 16.2 Å². The molecule has 1 aliphatic carbocycles. The van der Waals surface area contributed by atoms with Gasteiger partial charge in [0.15, 0.2) is 11.7 Å². The van der Waals surface area contributed by atoms with E-state index in [9.17, 15) is 18.0 Å². The Hall–Kier alpha value is -2.30. The van der Waals surface area contributed by atoms with Crippen molar-refractivity contribution in [1.82, 2.24) is 9.29 Å². The summed E-state index contributed by atoms with van der Waals surface area (Å²) < 4.78 is 30.1. The minimum atomic E-state index is -3.26. The van der Waals surface area contributed by atoms with Crippen molar-refractivity contribution in [2.45, 2.75) is 45.1 Å². The number of carbonyl (C=O) groups is 2. The molecule has 0 unspecified atom stereocenters. The molecule has 0 saturated carbocycles. The van der Waals surface area contributed by atoms with Crippen molar-refractivity contribution in [3.05, 3.63) is 46.5 Å². The van der Waals surface area contributed by atoms with Gasteiger partial charge in [-0.2, -0.15) is 0 Å². The lowest BCUT2D eigenvalue weighted by Crippen LogP contribution is -2.41. The first-order chi connectivity index (χ1) is 15.8. The van der Waals surface area contributed by atoms with Gasteiger partial charge in [-0.15, -0.1) is 11.3 Å². The molecular weight excluding hydrogens is 462 g/mol. The third-order valence-corrected chi connectivity index (χ3v) is 8.63. The highest BCUT2D eigenvalue weighted by molar-refractivity contribution is 7.88. The van der Waals surface area contributed by atoms with Crippen LogP contribution in [0.15, 0.2) is 30.3 Å². The number of amides is 1. The number of esters is 1. The Morgan fingerprint density at radius 1 is 1.15 bits per heavy atom. The van der Waals surface area contributed by atoms with E-state index in [2.05, 4.69) is 0 Å². The molecule has 0 spiro atoms. The van der Waals surface area contributed by atoms with Crippen LogP contribution in [-0.4, -0.2) is 55.5 Å². The molecule has 1 fully saturated rings. The van der Waals surface area contributed by atoms with Crippen LogP contribution >= 0.6 is 11.3 Å². The van der Waals surface area contributed by atoms with E-state index in [0.717, 1.165) is 36.9 Å². The van der Waals surface area contributed by atoms with E-state index in [1.165, 1.54) is 15.4 Å². The average molecular weight is 492 g/mol. The maximum absolute atomic E-state index is 13.2. The number of carbonyl (C=O) groups excluding carboxylic acids is 2. The zero-order valence-electron chi connectivity index (χ0n) is 18.7. The molecule has 4 rings (SSSR count). The van der Waals surface area contributed by atoms with E-state index in [0.29, 0.717) is 24.5 Å². The van der Waals surface area contributed by atoms with Crippen LogP contribution in [0.3, 0.4) is 0 Å². The number of benzene rings is 1. The van der Waals surface area contributed by atoms with Gasteiger partial charge in [-0.05, 0) is 44.1 Å². The fraction of sp³-hybridized carbons (Fsp3) is 0.522. The third kappa shape index (κ3) is 5.99. The van der Waals surface area contributed by atoms with Gasteiger partial charge in [-0.1, -0.05) is 30.3 Å². The summed E-state index contributed by atoms with van der Waals surface area (Å²) in [4.78, 5) is 33.3. The molecule has 1 aromatic carbocycles. The molecule has 2 aromatic rings. The number of fused-ring (bicyclic) bond motifs is 1. The molecule has 33 heavy (non-hydrogen) atoms. The smallest absolute Gasteiger partial charge is 0.309 e. The van der Waals surface area contributed by atoms with Crippen molar-refractivity contribution in [1.29, 1.82) is 0 Å². The number of hydrogen-bond donors (Lipinski definition) is 0. The molecule has 1 amide bonds. The summed E-state index contributed by atoms with van der Waals surface area (Å²) in [5, 5.41) is 0.647. The Balaban J connectivity index is 1.41. The third-order valence-electron chi connectivity index (χ3n) is 6.14. The van der Waals surface area contributed by atoms with E-state index in [4.69, 9.17) is 9.72 Å². The van der Waals surface area contributed by atoms with Crippen molar-refractivity contribution in [3.63, 3.8) is 0 Å². The standard InChI is InChI=1S/C23H29N3O5S2/c1-33(29,30)25-13-11-18(12-14-25)22(28)31-16-21(27)26(15-17-7-3-2-4-8-17)23-24-19-9-5-6-10-20(19)32-23/h2-4,7-8,18H,5-6,9-16H2,1H3. The summed E-state index contributed by atoms with van der Waals surface area (Å²) in [7, 11) is -3.26. The number of ether oxygens (including phenoxy) is 1. The van der Waals surface area contributed by atoms with Gasteiger partial charge >= 0.3 is 5.97 Å². The summed E-state index contributed by atoms with van der Waals surface area (Å²) in [5.74, 6) is -1.16. The lowest BCUT2D eigenvalue weighted by molar-refractivity contribution is -0.153. The van der Waals surface area contributed by atoms with Crippen LogP contribution in [0.4, 0.5) is 5.13 Å². The Bertz CT molecular complexity index is 1070. The summed E-state index contributed by atoms with van der Waals surface area (Å²) >= 11 is 1.55. The second kappa shape index (κ2) is 10.3. The number of nitrogens with zero attached hydrogens (tertiary/aromatic N) is 3. The Morgan fingerprint density at radius 3 is 2.52 bits per heavy atom. The Labute approximate surface area is 198 Å². The first-order valence-electron chi connectivity index (χ1n) is 11.3. The van der Waals surface area contributed by atoms with Crippen LogP contribution in [0.1, 0.15) is 41.8 Å². The first kappa shape index (κ1) is 23.8.